The van der Waals surface area contributed by atoms with Crippen LogP contribution in [0.1, 0.15) is 5.56 Å². The Labute approximate surface area is 156 Å². The van der Waals surface area contributed by atoms with Gasteiger partial charge in [0.2, 0.25) is 9.84 Å². The Hall–Kier alpha value is -3.25. The molecule has 0 spiro atoms. The maximum Gasteiger partial charge on any atom is 0.274 e. The van der Waals surface area contributed by atoms with Gasteiger partial charge in [-0.2, -0.15) is 5.10 Å². The van der Waals surface area contributed by atoms with E-state index in [0.29, 0.717) is 17.3 Å². The zero-order valence-corrected chi connectivity index (χ0v) is 15.1. The predicted molar refractivity (Wildman–Crippen MR) is 103 cm³/mol. The van der Waals surface area contributed by atoms with Crippen molar-refractivity contribution < 1.29 is 8.42 Å². The molecule has 4 rings (SSSR count). The number of hydrogen-bond donors (Lipinski definition) is 0. The minimum atomic E-state index is -3.64. The van der Waals surface area contributed by atoms with Crippen molar-refractivity contribution in [3.63, 3.8) is 0 Å². The summed E-state index contributed by atoms with van der Waals surface area (Å²) in [4.78, 5) is 13.1. The summed E-state index contributed by atoms with van der Waals surface area (Å²) >= 11 is 0. The van der Waals surface area contributed by atoms with Gasteiger partial charge in [-0.3, -0.25) is 4.79 Å². The van der Waals surface area contributed by atoms with Crippen molar-refractivity contribution in [2.45, 2.75) is 16.3 Å². The van der Waals surface area contributed by atoms with Crippen molar-refractivity contribution >= 4 is 20.6 Å². The highest BCUT2D eigenvalue weighted by molar-refractivity contribution is 7.91. The molecule has 0 N–H and O–H groups in total. The minimum Gasteiger partial charge on any atom is -0.267 e. The van der Waals surface area contributed by atoms with E-state index in [-0.39, 0.29) is 15.4 Å². The molecule has 0 saturated heterocycles. The van der Waals surface area contributed by atoms with Gasteiger partial charge in [0.25, 0.3) is 5.56 Å². The fourth-order valence-corrected chi connectivity index (χ4v) is 4.25. The molecular weight excluding hydrogens is 360 g/mol. The lowest BCUT2D eigenvalue weighted by Crippen LogP contribution is -2.23. The third kappa shape index (κ3) is 3.27. The Balaban J connectivity index is 1.77. The lowest BCUT2D eigenvalue weighted by Gasteiger charge is -2.08. The Morgan fingerprint density at radius 2 is 1.48 bits per heavy atom. The molecule has 1 aromatic heterocycles. The van der Waals surface area contributed by atoms with E-state index in [0.717, 1.165) is 5.56 Å². The zero-order valence-electron chi connectivity index (χ0n) is 14.3. The van der Waals surface area contributed by atoms with Gasteiger partial charge >= 0.3 is 0 Å². The summed E-state index contributed by atoms with van der Waals surface area (Å²) < 4.78 is 26.9. The smallest absolute Gasteiger partial charge is 0.267 e. The average molecular weight is 376 g/mol. The van der Waals surface area contributed by atoms with Crippen LogP contribution in [0.2, 0.25) is 0 Å². The molecule has 0 unspecified atom stereocenters. The molecule has 0 aliphatic carbocycles. The van der Waals surface area contributed by atoms with Crippen LogP contribution in [-0.2, 0) is 16.4 Å². The number of sulfone groups is 1. The van der Waals surface area contributed by atoms with E-state index in [4.69, 9.17) is 0 Å². The minimum absolute atomic E-state index is 0.142. The first-order chi connectivity index (χ1) is 13.1. The van der Waals surface area contributed by atoms with Crippen LogP contribution in [0.3, 0.4) is 0 Å². The van der Waals surface area contributed by atoms with Crippen LogP contribution in [0.4, 0.5) is 0 Å². The monoisotopic (exact) mass is 376 g/mol. The van der Waals surface area contributed by atoms with E-state index in [2.05, 4.69) is 5.10 Å². The molecule has 0 bridgehead atoms. The van der Waals surface area contributed by atoms with E-state index >= 15 is 0 Å². The first-order valence-electron chi connectivity index (χ1n) is 8.40. The second kappa shape index (κ2) is 6.81. The van der Waals surface area contributed by atoms with Gasteiger partial charge in [-0.05, 0) is 35.9 Å². The molecule has 3 aromatic carbocycles. The van der Waals surface area contributed by atoms with Gasteiger partial charge in [-0.15, -0.1) is 0 Å². The van der Waals surface area contributed by atoms with Crippen molar-refractivity contribution in [1.29, 1.82) is 0 Å². The molecule has 0 aliphatic rings. The summed E-state index contributed by atoms with van der Waals surface area (Å²) in [6.45, 7) is 0.361. The fraction of sp³-hybridized carbons (Fsp3) is 0.0476. The Bertz CT molecular complexity index is 1270. The van der Waals surface area contributed by atoms with Gasteiger partial charge in [0, 0.05) is 5.39 Å². The van der Waals surface area contributed by atoms with Crippen molar-refractivity contribution in [2.75, 3.05) is 0 Å². The molecular formula is C21H16N2O3S. The van der Waals surface area contributed by atoms with Crippen LogP contribution in [0.25, 0.3) is 10.8 Å². The summed E-state index contributed by atoms with van der Waals surface area (Å²) in [5, 5.41) is 5.15. The largest absolute Gasteiger partial charge is 0.274 e. The third-order valence-electron chi connectivity index (χ3n) is 4.36. The summed E-state index contributed by atoms with van der Waals surface area (Å²) in [5.41, 5.74) is 0.717. The predicted octanol–water partition coefficient (Wildman–Crippen LogP) is 3.28. The van der Waals surface area contributed by atoms with Crippen LogP contribution in [0.5, 0.6) is 0 Å². The lowest BCUT2D eigenvalue weighted by molar-refractivity contribution is 0.596. The number of rotatable bonds is 4. The highest BCUT2D eigenvalue weighted by atomic mass is 32.2. The molecule has 0 saturated carbocycles. The van der Waals surface area contributed by atoms with Crippen LogP contribution in [-0.4, -0.2) is 18.2 Å². The van der Waals surface area contributed by atoms with Crippen LogP contribution in [0, 0.1) is 0 Å². The second-order valence-electron chi connectivity index (χ2n) is 6.16. The molecule has 0 radical (unpaired) electrons. The molecule has 5 nitrogen and oxygen atoms in total. The molecule has 0 fully saturated rings. The Kier molecular flexibility index (Phi) is 4.33. The molecule has 6 heteroatoms. The van der Waals surface area contributed by atoms with Gasteiger partial charge in [0.05, 0.1) is 27.9 Å². The number of hydrogen-bond acceptors (Lipinski definition) is 4. The first-order valence-corrected chi connectivity index (χ1v) is 9.88. The summed E-state index contributed by atoms with van der Waals surface area (Å²) in [6, 6.07) is 22.3. The van der Waals surface area contributed by atoms with Crippen molar-refractivity contribution in [3.05, 3.63) is 101 Å². The van der Waals surface area contributed by atoms with Gasteiger partial charge in [-0.1, -0.05) is 48.5 Å². The van der Waals surface area contributed by atoms with E-state index < -0.39 is 9.84 Å². The average Bonchev–Trinajstić information content (AvgIpc) is 2.71. The Morgan fingerprint density at radius 1 is 0.815 bits per heavy atom. The second-order valence-corrected chi connectivity index (χ2v) is 8.11. The summed E-state index contributed by atoms with van der Waals surface area (Å²) in [6.07, 6.45) is 1.53. The highest BCUT2D eigenvalue weighted by Crippen LogP contribution is 2.23. The Morgan fingerprint density at radius 3 is 2.19 bits per heavy atom. The summed E-state index contributed by atoms with van der Waals surface area (Å²) in [5.74, 6) is 0. The first kappa shape index (κ1) is 17.2. The molecule has 27 heavy (non-hydrogen) atoms. The lowest BCUT2D eigenvalue weighted by atomic mass is 10.2. The van der Waals surface area contributed by atoms with E-state index in [9.17, 15) is 13.2 Å². The van der Waals surface area contributed by atoms with Gasteiger partial charge in [-0.25, -0.2) is 13.1 Å². The van der Waals surface area contributed by atoms with Crippen molar-refractivity contribution in [1.82, 2.24) is 9.78 Å². The van der Waals surface area contributed by atoms with E-state index in [1.54, 1.807) is 36.4 Å². The molecule has 1 heterocycles. The SMILES string of the molecule is O=c1c2ccc(S(=O)(=O)c3ccccc3)cc2cnn1Cc1ccccc1. The number of benzene rings is 3. The van der Waals surface area contributed by atoms with Gasteiger partial charge in [0.1, 0.15) is 0 Å². The highest BCUT2D eigenvalue weighted by Gasteiger charge is 2.18. The normalized spacial score (nSPS) is 11.6. The zero-order chi connectivity index (χ0) is 18.9. The van der Waals surface area contributed by atoms with Crippen molar-refractivity contribution in [2.24, 2.45) is 0 Å². The molecule has 0 amide bonds. The van der Waals surface area contributed by atoms with Gasteiger partial charge in [0.15, 0.2) is 0 Å². The molecule has 0 aliphatic heterocycles. The molecule has 4 aromatic rings. The topological polar surface area (TPSA) is 69.0 Å². The molecule has 134 valence electrons. The maximum absolute atomic E-state index is 12.8. The quantitative estimate of drug-likeness (QED) is 0.548. The van der Waals surface area contributed by atoms with Crippen LogP contribution < -0.4 is 5.56 Å². The van der Waals surface area contributed by atoms with Gasteiger partial charge < -0.3 is 0 Å². The maximum atomic E-state index is 12.8. The standard InChI is InChI=1S/C21H16N2O3S/c24-21-20-12-11-19(27(25,26)18-9-5-2-6-10-18)13-17(20)14-22-23(21)15-16-7-3-1-4-8-16/h1-14H,15H2. The number of aromatic nitrogens is 2. The number of fused-ring (bicyclic) bond motifs is 1. The number of nitrogens with zero attached hydrogens (tertiary/aromatic N) is 2. The third-order valence-corrected chi connectivity index (χ3v) is 6.13. The van der Waals surface area contributed by atoms with E-state index in [1.165, 1.54) is 23.0 Å². The van der Waals surface area contributed by atoms with Crippen LogP contribution in [0.15, 0.2) is 99.6 Å². The van der Waals surface area contributed by atoms with Crippen LogP contribution >= 0.6 is 0 Å². The fourth-order valence-electron chi connectivity index (χ4n) is 2.94. The van der Waals surface area contributed by atoms with E-state index in [1.807, 2.05) is 30.3 Å². The summed E-state index contributed by atoms with van der Waals surface area (Å²) in [7, 11) is -3.64. The van der Waals surface area contributed by atoms with Crippen molar-refractivity contribution in [3.8, 4) is 0 Å². The molecule has 0 atom stereocenters.